The summed E-state index contributed by atoms with van der Waals surface area (Å²) in [5.41, 5.74) is 1.96. The molecule has 1 N–H and O–H groups in total. The van der Waals surface area contributed by atoms with Gasteiger partial charge in [0.25, 0.3) is 10.0 Å². The lowest BCUT2D eigenvalue weighted by molar-refractivity contribution is 0.112. The second kappa shape index (κ2) is 4.64. The molecular formula is C10H8N2O3S2. The van der Waals surface area contributed by atoms with E-state index in [0.717, 1.165) is 0 Å². The van der Waals surface area contributed by atoms with Crippen LogP contribution in [0.3, 0.4) is 0 Å². The van der Waals surface area contributed by atoms with Gasteiger partial charge in [-0.05, 0) is 12.1 Å². The van der Waals surface area contributed by atoms with Crippen LogP contribution in [0.4, 0.5) is 5.82 Å². The highest BCUT2D eigenvalue weighted by atomic mass is 32.2. The molecule has 0 radical (unpaired) electrons. The van der Waals surface area contributed by atoms with Crippen molar-refractivity contribution in [1.29, 1.82) is 0 Å². The second-order valence-electron chi connectivity index (χ2n) is 3.17. The largest absolute Gasteiger partial charge is 0.298 e. The first kappa shape index (κ1) is 11.7. The molecule has 1 aromatic carbocycles. The molecule has 0 atom stereocenters. The Bertz CT molecular complexity index is 604. The molecule has 1 aromatic heterocycles. The Balaban J connectivity index is 2.28. The van der Waals surface area contributed by atoms with E-state index in [1.165, 1.54) is 41.1 Å². The van der Waals surface area contributed by atoms with Crippen LogP contribution in [0.25, 0.3) is 0 Å². The van der Waals surface area contributed by atoms with Crippen LogP contribution < -0.4 is 4.72 Å². The molecule has 7 heteroatoms. The number of carbonyl (C=O) groups excluding carboxylic acids is 1. The fourth-order valence-electron chi connectivity index (χ4n) is 1.19. The number of anilines is 1. The number of sulfonamides is 1. The molecule has 2 aromatic rings. The molecule has 0 saturated carbocycles. The number of nitrogens with zero attached hydrogens (tertiary/aromatic N) is 1. The fraction of sp³-hybridized carbons (Fsp3) is 0. The van der Waals surface area contributed by atoms with E-state index in [1.54, 1.807) is 5.38 Å². The van der Waals surface area contributed by atoms with Gasteiger partial charge in [-0.3, -0.25) is 9.52 Å². The summed E-state index contributed by atoms with van der Waals surface area (Å²) in [6.07, 6.45) is 0.657. The van der Waals surface area contributed by atoms with E-state index in [1.807, 2.05) is 0 Å². The second-order valence-corrected chi connectivity index (χ2v) is 5.57. The summed E-state index contributed by atoms with van der Waals surface area (Å²) in [5, 5.41) is 1.59. The summed E-state index contributed by atoms with van der Waals surface area (Å²) in [6.45, 7) is 0. The van der Waals surface area contributed by atoms with Crippen molar-refractivity contribution in [3.05, 3.63) is 40.7 Å². The molecule has 1 heterocycles. The number of nitrogens with one attached hydrogen (secondary N) is 1. The van der Waals surface area contributed by atoms with Gasteiger partial charge in [-0.25, -0.2) is 13.4 Å². The number of aromatic nitrogens is 1. The highest BCUT2D eigenvalue weighted by Crippen LogP contribution is 2.15. The van der Waals surface area contributed by atoms with Gasteiger partial charge in [0.05, 0.1) is 10.4 Å². The topological polar surface area (TPSA) is 76.1 Å². The van der Waals surface area contributed by atoms with Crippen molar-refractivity contribution in [2.45, 2.75) is 4.90 Å². The summed E-state index contributed by atoms with van der Waals surface area (Å²) in [6, 6.07) is 5.64. The Morgan fingerprint density at radius 1 is 1.24 bits per heavy atom. The Hall–Kier alpha value is -1.73. The SMILES string of the molecule is O=Cc1ccc(S(=O)(=O)Nc2cscn2)cc1. The number of hydrogen-bond acceptors (Lipinski definition) is 5. The van der Waals surface area contributed by atoms with Gasteiger partial charge >= 0.3 is 0 Å². The predicted octanol–water partition coefficient (Wildman–Crippen LogP) is 1.76. The molecule has 0 fully saturated rings. The van der Waals surface area contributed by atoms with Crippen molar-refractivity contribution in [3.63, 3.8) is 0 Å². The van der Waals surface area contributed by atoms with Gasteiger partial charge in [-0.1, -0.05) is 12.1 Å². The number of thiazole rings is 1. The fourth-order valence-corrected chi connectivity index (χ4v) is 2.74. The van der Waals surface area contributed by atoms with Crippen LogP contribution in [0.2, 0.25) is 0 Å². The minimum atomic E-state index is -3.63. The molecule has 2 rings (SSSR count). The van der Waals surface area contributed by atoms with Crippen LogP contribution in [0.5, 0.6) is 0 Å². The zero-order chi connectivity index (χ0) is 12.3. The number of aldehydes is 1. The summed E-state index contributed by atoms with van der Waals surface area (Å²) in [7, 11) is -3.63. The number of benzene rings is 1. The maximum atomic E-state index is 11.9. The van der Waals surface area contributed by atoms with Crippen molar-refractivity contribution >= 4 is 33.5 Å². The number of hydrogen-bond donors (Lipinski definition) is 1. The van der Waals surface area contributed by atoms with Gasteiger partial charge in [0.1, 0.15) is 6.29 Å². The first-order valence-corrected chi connectivity index (χ1v) is 7.01. The van der Waals surface area contributed by atoms with Gasteiger partial charge in [0.15, 0.2) is 5.82 Å². The Kier molecular flexibility index (Phi) is 3.21. The van der Waals surface area contributed by atoms with Gasteiger partial charge in [0, 0.05) is 10.9 Å². The Labute approximate surface area is 102 Å². The highest BCUT2D eigenvalue weighted by Gasteiger charge is 2.14. The smallest absolute Gasteiger partial charge is 0.263 e. The minimum absolute atomic E-state index is 0.0936. The molecule has 0 aliphatic rings. The van der Waals surface area contributed by atoms with Crippen molar-refractivity contribution in [2.24, 2.45) is 0 Å². The van der Waals surface area contributed by atoms with Crippen molar-refractivity contribution < 1.29 is 13.2 Å². The number of rotatable bonds is 4. The summed E-state index contributed by atoms with van der Waals surface area (Å²) in [5.74, 6) is 0.287. The average Bonchev–Trinajstić information content (AvgIpc) is 2.81. The molecule has 0 aliphatic heterocycles. The molecule has 0 saturated heterocycles. The maximum Gasteiger partial charge on any atom is 0.263 e. The normalized spacial score (nSPS) is 11.1. The van der Waals surface area contributed by atoms with Crippen LogP contribution >= 0.6 is 11.3 Å². The highest BCUT2D eigenvalue weighted by molar-refractivity contribution is 7.92. The molecule has 17 heavy (non-hydrogen) atoms. The van der Waals surface area contributed by atoms with E-state index in [9.17, 15) is 13.2 Å². The third kappa shape index (κ3) is 2.69. The zero-order valence-electron chi connectivity index (χ0n) is 8.53. The summed E-state index contributed by atoms with van der Waals surface area (Å²) >= 11 is 1.30. The van der Waals surface area contributed by atoms with E-state index < -0.39 is 10.0 Å². The molecule has 0 bridgehead atoms. The van der Waals surface area contributed by atoms with Crippen molar-refractivity contribution in [3.8, 4) is 0 Å². The average molecular weight is 268 g/mol. The molecule has 5 nitrogen and oxygen atoms in total. The summed E-state index contributed by atoms with van der Waals surface area (Å²) in [4.78, 5) is 14.4. The third-order valence-electron chi connectivity index (χ3n) is 2.00. The first-order valence-electron chi connectivity index (χ1n) is 4.58. The van der Waals surface area contributed by atoms with Crippen LogP contribution in [-0.2, 0) is 10.0 Å². The molecular weight excluding hydrogens is 260 g/mol. The molecule has 0 unspecified atom stereocenters. The quantitative estimate of drug-likeness (QED) is 0.857. The van der Waals surface area contributed by atoms with Gasteiger partial charge in [-0.2, -0.15) is 0 Å². The standard InChI is InChI=1S/C10H8N2O3S2/c13-5-8-1-3-9(4-2-8)17(14,15)12-10-6-16-7-11-10/h1-7,12H. The van der Waals surface area contributed by atoms with Crippen LogP contribution in [0.1, 0.15) is 10.4 Å². The molecule has 0 amide bonds. The molecule has 88 valence electrons. The van der Waals surface area contributed by atoms with E-state index in [0.29, 0.717) is 11.8 Å². The zero-order valence-corrected chi connectivity index (χ0v) is 10.2. The van der Waals surface area contributed by atoms with Gasteiger partial charge in [0.2, 0.25) is 0 Å². The lowest BCUT2D eigenvalue weighted by Crippen LogP contribution is -2.13. The van der Waals surface area contributed by atoms with E-state index in [4.69, 9.17) is 0 Å². The lowest BCUT2D eigenvalue weighted by atomic mass is 10.2. The van der Waals surface area contributed by atoms with Crippen molar-refractivity contribution in [2.75, 3.05) is 4.72 Å². The molecule has 0 spiro atoms. The van der Waals surface area contributed by atoms with E-state index in [-0.39, 0.29) is 10.7 Å². The minimum Gasteiger partial charge on any atom is -0.298 e. The van der Waals surface area contributed by atoms with Gasteiger partial charge < -0.3 is 0 Å². The number of carbonyl (C=O) groups is 1. The molecule has 0 aliphatic carbocycles. The lowest BCUT2D eigenvalue weighted by Gasteiger charge is -2.05. The maximum absolute atomic E-state index is 11.9. The van der Waals surface area contributed by atoms with Crippen LogP contribution in [0.15, 0.2) is 40.1 Å². The van der Waals surface area contributed by atoms with Crippen LogP contribution in [0, 0.1) is 0 Å². The van der Waals surface area contributed by atoms with Crippen LogP contribution in [-0.4, -0.2) is 19.7 Å². The Morgan fingerprint density at radius 2 is 1.94 bits per heavy atom. The first-order chi connectivity index (χ1) is 8.12. The van der Waals surface area contributed by atoms with E-state index in [2.05, 4.69) is 9.71 Å². The third-order valence-corrected chi connectivity index (χ3v) is 3.95. The van der Waals surface area contributed by atoms with Gasteiger partial charge in [-0.15, -0.1) is 11.3 Å². The van der Waals surface area contributed by atoms with Crippen molar-refractivity contribution in [1.82, 2.24) is 4.98 Å². The summed E-state index contributed by atoms with van der Waals surface area (Å²) < 4.78 is 26.1. The monoisotopic (exact) mass is 268 g/mol. The predicted molar refractivity (Wildman–Crippen MR) is 64.8 cm³/mol. The Morgan fingerprint density at radius 3 is 2.47 bits per heavy atom. The van der Waals surface area contributed by atoms with E-state index >= 15 is 0 Å².